The van der Waals surface area contributed by atoms with E-state index in [1.807, 2.05) is 12.1 Å². The molecule has 1 N–H and O–H groups in total. The number of hydrogen-bond acceptors (Lipinski definition) is 5. The maximum Gasteiger partial charge on any atom is 0.122 e. The average molecular weight is 364 g/mol. The topological polar surface area (TPSA) is 32.7 Å². The number of thioether (sulfide) groups is 1. The van der Waals surface area contributed by atoms with Crippen molar-refractivity contribution < 1.29 is 9.84 Å². The van der Waals surface area contributed by atoms with E-state index in [1.54, 1.807) is 30.2 Å². The van der Waals surface area contributed by atoms with Crippen molar-refractivity contribution in [2.45, 2.75) is 29.1 Å². The van der Waals surface area contributed by atoms with Gasteiger partial charge in [0.25, 0.3) is 0 Å². The molecule has 0 amide bonds. The molecule has 130 valence electrons. The fourth-order valence-corrected chi connectivity index (χ4v) is 5.03. The Morgan fingerprint density at radius 1 is 1.25 bits per heavy atom. The van der Waals surface area contributed by atoms with Gasteiger partial charge in [-0.2, -0.15) is 0 Å². The zero-order valence-corrected chi connectivity index (χ0v) is 15.7. The van der Waals surface area contributed by atoms with Gasteiger partial charge in [0.2, 0.25) is 0 Å². The third-order valence-corrected chi connectivity index (χ3v) is 6.82. The Balaban J connectivity index is 1.45. The van der Waals surface area contributed by atoms with Crippen LogP contribution < -0.4 is 4.74 Å². The SMILES string of the molecule is COc1ccccc1C1CCN(C[C@H](O)CSc2cccs2)CC1. The summed E-state index contributed by atoms with van der Waals surface area (Å²) < 4.78 is 6.78. The van der Waals surface area contributed by atoms with E-state index in [1.165, 1.54) is 9.77 Å². The fourth-order valence-electron chi connectivity index (χ4n) is 3.30. The highest BCUT2D eigenvalue weighted by atomic mass is 32.2. The van der Waals surface area contributed by atoms with Gasteiger partial charge in [-0.15, -0.1) is 23.1 Å². The van der Waals surface area contributed by atoms with Gasteiger partial charge in [0.1, 0.15) is 5.75 Å². The molecule has 3 nitrogen and oxygen atoms in total. The van der Waals surface area contributed by atoms with Gasteiger partial charge in [0, 0.05) is 12.3 Å². The van der Waals surface area contributed by atoms with Crippen LogP contribution in [-0.2, 0) is 0 Å². The second-order valence-corrected chi connectivity index (χ2v) is 8.48. The second-order valence-electron chi connectivity index (χ2n) is 6.21. The van der Waals surface area contributed by atoms with Gasteiger partial charge >= 0.3 is 0 Å². The van der Waals surface area contributed by atoms with Gasteiger partial charge in [-0.25, -0.2) is 0 Å². The van der Waals surface area contributed by atoms with Crippen LogP contribution in [0.2, 0.25) is 0 Å². The third-order valence-electron chi connectivity index (χ3n) is 4.55. The summed E-state index contributed by atoms with van der Waals surface area (Å²) in [4.78, 5) is 2.39. The lowest BCUT2D eigenvalue weighted by atomic mass is 9.88. The van der Waals surface area contributed by atoms with E-state index < -0.39 is 0 Å². The van der Waals surface area contributed by atoms with Crippen LogP contribution in [0.5, 0.6) is 5.75 Å². The van der Waals surface area contributed by atoms with Crippen molar-refractivity contribution in [1.82, 2.24) is 4.90 Å². The van der Waals surface area contributed by atoms with E-state index in [0.29, 0.717) is 5.92 Å². The van der Waals surface area contributed by atoms with E-state index in [-0.39, 0.29) is 6.10 Å². The Morgan fingerprint density at radius 2 is 2.04 bits per heavy atom. The van der Waals surface area contributed by atoms with Crippen molar-refractivity contribution in [3.8, 4) is 5.75 Å². The molecule has 0 aliphatic carbocycles. The number of aliphatic hydroxyl groups excluding tert-OH is 1. The number of β-amino-alcohol motifs (C(OH)–C–C–N with tert-alkyl or cyclic N) is 1. The quantitative estimate of drug-likeness (QED) is 0.751. The molecule has 1 fully saturated rings. The maximum atomic E-state index is 10.3. The predicted octanol–water partition coefficient (Wildman–Crippen LogP) is 4.09. The molecule has 1 aliphatic heterocycles. The third kappa shape index (κ3) is 4.76. The van der Waals surface area contributed by atoms with Crippen molar-refractivity contribution in [3.63, 3.8) is 0 Å². The zero-order valence-electron chi connectivity index (χ0n) is 14.1. The molecular weight excluding hydrogens is 338 g/mol. The van der Waals surface area contributed by atoms with Crippen molar-refractivity contribution >= 4 is 23.1 Å². The molecule has 0 unspecified atom stereocenters. The van der Waals surface area contributed by atoms with Crippen LogP contribution in [0, 0.1) is 0 Å². The van der Waals surface area contributed by atoms with Crippen LogP contribution in [0.4, 0.5) is 0 Å². The van der Waals surface area contributed by atoms with Crippen LogP contribution in [0.25, 0.3) is 0 Å². The molecular formula is C19H25NO2S2. The van der Waals surface area contributed by atoms with E-state index >= 15 is 0 Å². The minimum absolute atomic E-state index is 0.264. The van der Waals surface area contributed by atoms with Crippen LogP contribution in [0.3, 0.4) is 0 Å². The molecule has 5 heteroatoms. The Hall–Kier alpha value is -1.01. The smallest absolute Gasteiger partial charge is 0.122 e. The summed E-state index contributed by atoms with van der Waals surface area (Å²) in [6.45, 7) is 2.86. The number of piperidine rings is 1. The summed E-state index contributed by atoms with van der Waals surface area (Å²) in [6.07, 6.45) is 2.00. The normalized spacial score (nSPS) is 17.8. The van der Waals surface area contributed by atoms with Gasteiger partial charge < -0.3 is 14.7 Å². The molecule has 1 aliphatic rings. The largest absolute Gasteiger partial charge is 0.496 e. The van der Waals surface area contributed by atoms with E-state index in [0.717, 1.165) is 44.0 Å². The highest BCUT2D eigenvalue weighted by Crippen LogP contribution is 2.34. The summed E-state index contributed by atoms with van der Waals surface area (Å²) in [5.74, 6) is 2.34. The summed E-state index contributed by atoms with van der Waals surface area (Å²) in [5.41, 5.74) is 1.33. The predicted molar refractivity (Wildman–Crippen MR) is 102 cm³/mol. The van der Waals surface area contributed by atoms with Gasteiger partial charge in [-0.1, -0.05) is 24.3 Å². The summed E-state index contributed by atoms with van der Waals surface area (Å²) in [5, 5.41) is 12.4. The summed E-state index contributed by atoms with van der Waals surface area (Å²) in [6, 6.07) is 12.5. The molecule has 2 aromatic rings. The summed E-state index contributed by atoms with van der Waals surface area (Å²) >= 11 is 3.49. The molecule has 1 aromatic carbocycles. The number of thiophene rings is 1. The zero-order chi connectivity index (χ0) is 16.8. The van der Waals surface area contributed by atoms with Gasteiger partial charge in [0.05, 0.1) is 17.4 Å². The Morgan fingerprint density at radius 3 is 2.75 bits per heavy atom. The van der Waals surface area contributed by atoms with Crippen molar-refractivity contribution in [2.24, 2.45) is 0 Å². The van der Waals surface area contributed by atoms with Crippen LogP contribution in [0.1, 0.15) is 24.3 Å². The number of hydrogen-bond donors (Lipinski definition) is 1. The molecule has 3 rings (SSSR count). The molecule has 0 saturated carbocycles. The fraction of sp³-hybridized carbons (Fsp3) is 0.474. The first-order chi connectivity index (χ1) is 11.8. The van der Waals surface area contributed by atoms with Gasteiger partial charge in [0.15, 0.2) is 0 Å². The first-order valence-corrected chi connectivity index (χ1v) is 10.3. The number of likely N-dealkylation sites (tertiary alicyclic amines) is 1. The number of rotatable bonds is 7. The first-order valence-electron chi connectivity index (χ1n) is 8.46. The molecule has 0 radical (unpaired) electrons. The van der Waals surface area contributed by atoms with E-state index in [2.05, 4.69) is 34.5 Å². The van der Waals surface area contributed by atoms with Crippen LogP contribution in [-0.4, -0.2) is 48.6 Å². The molecule has 1 aromatic heterocycles. The Kier molecular flexibility index (Phi) is 6.60. The molecule has 0 bridgehead atoms. The molecule has 0 spiro atoms. The number of para-hydroxylation sites is 1. The van der Waals surface area contributed by atoms with Gasteiger partial charge in [-0.05, 0) is 54.9 Å². The van der Waals surface area contributed by atoms with Crippen molar-refractivity contribution in [2.75, 3.05) is 32.5 Å². The molecule has 1 saturated heterocycles. The second kappa shape index (κ2) is 8.90. The number of aliphatic hydroxyl groups is 1. The molecule has 2 heterocycles. The number of methoxy groups -OCH3 is 1. The first kappa shape index (κ1) is 17.8. The van der Waals surface area contributed by atoms with E-state index in [4.69, 9.17) is 4.74 Å². The highest BCUT2D eigenvalue weighted by molar-refractivity contribution is 8.01. The molecule has 24 heavy (non-hydrogen) atoms. The van der Waals surface area contributed by atoms with Crippen LogP contribution >= 0.6 is 23.1 Å². The lowest BCUT2D eigenvalue weighted by Crippen LogP contribution is -2.39. The monoisotopic (exact) mass is 363 g/mol. The standard InChI is InChI=1S/C19H25NO2S2/c1-22-18-6-3-2-5-17(18)15-8-10-20(11-9-15)13-16(21)14-24-19-7-4-12-23-19/h2-7,12,15-16,21H,8-11,13-14H2,1H3/t16-/m0/s1. The van der Waals surface area contributed by atoms with Crippen LogP contribution in [0.15, 0.2) is 46.0 Å². The van der Waals surface area contributed by atoms with Gasteiger partial charge in [-0.3, -0.25) is 0 Å². The number of ether oxygens (including phenoxy) is 1. The lowest BCUT2D eigenvalue weighted by molar-refractivity contribution is 0.112. The average Bonchev–Trinajstić information content (AvgIpc) is 3.14. The Bertz CT molecular complexity index is 610. The van der Waals surface area contributed by atoms with Crippen molar-refractivity contribution in [1.29, 1.82) is 0 Å². The molecule has 1 atom stereocenters. The number of benzene rings is 1. The lowest BCUT2D eigenvalue weighted by Gasteiger charge is -2.33. The highest BCUT2D eigenvalue weighted by Gasteiger charge is 2.24. The van der Waals surface area contributed by atoms with Crippen molar-refractivity contribution in [3.05, 3.63) is 47.3 Å². The summed E-state index contributed by atoms with van der Waals surface area (Å²) in [7, 11) is 1.75. The maximum absolute atomic E-state index is 10.3. The minimum Gasteiger partial charge on any atom is -0.496 e. The Labute approximate surface area is 152 Å². The minimum atomic E-state index is -0.264. The number of nitrogens with zero attached hydrogens (tertiary/aromatic N) is 1. The van der Waals surface area contributed by atoms with E-state index in [9.17, 15) is 5.11 Å².